The van der Waals surface area contributed by atoms with Crippen LogP contribution in [-0.4, -0.2) is 25.7 Å². The molecule has 1 aliphatic rings. The summed E-state index contributed by atoms with van der Waals surface area (Å²) in [5.41, 5.74) is -0.976. The van der Waals surface area contributed by atoms with Crippen molar-refractivity contribution in [2.75, 3.05) is 5.32 Å². The smallest absolute Gasteiger partial charge is 0.300 e. The van der Waals surface area contributed by atoms with Crippen LogP contribution in [0.5, 0.6) is 0 Å². The minimum Gasteiger partial charge on any atom is -0.300 e. The minimum absolute atomic E-state index is 0.115. The third-order valence-electron chi connectivity index (χ3n) is 4.12. The maximum Gasteiger partial charge on any atom is 0.328 e. The number of amides is 1. The van der Waals surface area contributed by atoms with Crippen molar-refractivity contribution in [3.8, 4) is 0 Å². The predicted octanol–water partition coefficient (Wildman–Crippen LogP) is 1.46. The van der Waals surface area contributed by atoms with E-state index in [1.807, 2.05) is 0 Å². The molecule has 3 rings (SSSR count). The average molecular weight is 349 g/mol. The molecule has 1 amide bonds. The van der Waals surface area contributed by atoms with Crippen LogP contribution in [0.2, 0.25) is 0 Å². The molecule has 2 heterocycles. The third kappa shape index (κ3) is 4.16. The second kappa shape index (κ2) is 7.52. The number of nitrogens with one attached hydrogen (secondary N) is 2. The van der Waals surface area contributed by atoms with E-state index in [4.69, 9.17) is 0 Å². The monoisotopic (exact) mass is 349 g/mol. The number of carbonyl (C=O) groups excluding carboxylic acids is 1. The second-order valence-electron chi connectivity index (χ2n) is 5.88. The molecule has 0 unspecified atom stereocenters. The number of aromatic nitrogens is 4. The van der Waals surface area contributed by atoms with Crippen LogP contribution in [0, 0.1) is 0 Å². The standard InChI is InChI=1S/C15H19N5O3S/c21-11(6-8-20-9-7-12(22)17-15(20)23)16-14-19-18-13(24-14)10-4-2-1-3-5-10/h7,9-10H,1-6,8H2,(H,16,19,21)(H,17,22,23). The quantitative estimate of drug-likeness (QED) is 0.849. The highest BCUT2D eigenvalue weighted by Crippen LogP contribution is 2.35. The zero-order valence-corrected chi connectivity index (χ0v) is 14.0. The van der Waals surface area contributed by atoms with E-state index in [0.29, 0.717) is 11.0 Å². The normalized spacial score (nSPS) is 15.3. The zero-order chi connectivity index (χ0) is 16.9. The van der Waals surface area contributed by atoms with E-state index >= 15 is 0 Å². The Balaban J connectivity index is 1.54. The summed E-state index contributed by atoms with van der Waals surface area (Å²) >= 11 is 1.42. The van der Waals surface area contributed by atoms with Gasteiger partial charge in [-0.05, 0) is 12.8 Å². The fourth-order valence-corrected chi connectivity index (χ4v) is 3.75. The first-order valence-corrected chi connectivity index (χ1v) is 8.86. The van der Waals surface area contributed by atoms with Crippen molar-refractivity contribution in [1.29, 1.82) is 0 Å². The molecule has 8 nitrogen and oxygen atoms in total. The zero-order valence-electron chi connectivity index (χ0n) is 13.2. The van der Waals surface area contributed by atoms with Crippen LogP contribution >= 0.6 is 11.3 Å². The van der Waals surface area contributed by atoms with Gasteiger partial charge in [0, 0.05) is 31.1 Å². The number of rotatable bonds is 5. The van der Waals surface area contributed by atoms with Gasteiger partial charge in [-0.3, -0.25) is 14.6 Å². The van der Waals surface area contributed by atoms with Gasteiger partial charge in [-0.2, -0.15) is 0 Å². The summed E-state index contributed by atoms with van der Waals surface area (Å²) in [5.74, 6) is 0.223. The molecular formula is C15H19N5O3S. The summed E-state index contributed by atoms with van der Waals surface area (Å²) in [6.07, 6.45) is 7.49. The lowest BCUT2D eigenvalue weighted by Gasteiger charge is -2.18. The van der Waals surface area contributed by atoms with E-state index in [9.17, 15) is 14.4 Å². The van der Waals surface area contributed by atoms with Crippen LogP contribution in [-0.2, 0) is 11.3 Å². The highest BCUT2D eigenvalue weighted by atomic mass is 32.1. The predicted molar refractivity (Wildman–Crippen MR) is 90.3 cm³/mol. The molecule has 1 saturated carbocycles. The number of anilines is 1. The van der Waals surface area contributed by atoms with Crippen molar-refractivity contribution in [3.05, 3.63) is 38.1 Å². The van der Waals surface area contributed by atoms with Crippen LogP contribution in [0.25, 0.3) is 0 Å². The summed E-state index contributed by atoms with van der Waals surface area (Å²) in [6.45, 7) is 0.190. The molecule has 0 saturated heterocycles. The molecule has 0 atom stereocenters. The van der Waals surface area contributed by atoms with Gasteiger partial charge >= 0.3 is 5.69 Å². The highest BCUT2D eigenvalue weighted by Gasteiger charge is 2.20. The maximum atomic E-state index is 12.0. The molecule has 9 heteroatoms. The molecule has 0 bridgehead atoms. The van der Waals surface area contributed by atoms with E-state index < -0.39 is 11.2 Å². The van der Waals surface area contributed by atoms with E-state index in [0.717, 1.165) is 17.8 Å². The maximum absolute atomic E-state index is 12.0. The molecule has 128 valence electrons. The van der Waals surface area contributed by atoms with Gasteiger partial charge in [0.25, 0.3) is 5.56 Å². The lowest BCUT2D eigenvalue weighted by atomic mass is 9.90. The molecule has 1 fully saturated rings. The number of hydrogen-bond acceptors (Lipinski definition) is 6. The molecule has 2 N–H and O–H groups in total. The Bertz CT molecular complexity index is 819. The first-order valence-electron chi connectivity index (χ1n) is 8.05. The molecular weight excluding hydrogens is 330 g/mol. The first-order chi connectivity index (χ1) is 11.6. The molecule has 0 aromatic carbocycles. The Hall–Kier alpha value is -2.29. The van der Waals surface area contributed by atoms with Gasteiger partial charge in [0.2, 0.25) is 11.0 Å². The molecule has 24 heavy (non-hydrogen) atoms. The van der Waals surface area contributed by atoms with Crippen LogP contribution < -0.4 is 16.6 Å². The van der Waals surface area contributed by atoms with Crippen molar-refractivity contribution in [3.63, 3.8) is 0 Å². The highest BCUT2D eigenvalue weighted by molar-refractivity contribution is 7.15. The summed E-state index contributed by atoms with van der Waals surface area (Å²) in [6, 6.07) is 1.25. The number of H-pyrrole nitrogens is 1. The number of aryl methyl sites for hydroxylation is 1. The van der Waals surface area contributed by atoms with Crippen molar-refractivity contribution < 1.29 is 4.79 Å². The summed E-state index contributed by atoms with van der Waals surface area (Å²) in [4.78, 5) is 36.7. The fourth-order valence-electron chi connectivity index (χ4n) is 2.82. The van der Waals surface area contributed by atoms with E-state index in [1.165, 1.54) is 47.4 Å². The SMILES string of the molecule is O=C(CCn1ccc(=O)[nH]c1=O)Nc1nnc(C2CCCCC2)s1. The summed E-state index contributed by atoms with van der Waals surface area (Å²) in [5, 5.41) is 12.4. The Labute approximate surface area is 141 Å². The van der Waals surface area contributed by atoms with Gasteiger partial charge in [-0.25, -0.2) is 4.79 Å². The largest absolute Gasteiger partial charge is 0.328 e. The Morgan fingerprint density at radius 2 is 2.08 bits per heavy atom. The van der Waals surface area contributed by atoms with Crippen LogP contribution in [0.4, 0.5) is 5.13 Å². The van der Waals surface area contributed by atoms with E-state index in [-0.39, 0.29) is 18.9 Å². The molecule has 2 aromatic rings. The molecule has 0 spiro atoms. The lowest BCUT2D eigenvalue weighted by molar-refractivity contribution is -0.116. The van der Waals surface area contributed by atoms with Gasteiger partial charge < -0.3 is 9.88 Å². The number of hydrogen-bond donors (Lipinski definition) is 2. The summed E-state index contributed by atoms with van der Waals surface area (Å²) < 4.78 is 1.29. The lowest BCUT2D eigenvalue weighted by Crippen LogP contribution is -2.29. The topological polar surface area (TPSA) is 110 Å². The van der Waals surface area contributed by atoms with Crippen LogP contribution in [0.1, 0.15) is 49.5 Å². The average Bonchev–Trinajstić information content (AvgIpc) is 3.03. The second-order valence-corrected chi connectivity index (χ2v) is 6.89. The van der Waals surface area contributed by atoms with Gasteiger partial charge in [-0.15, -0.1) is 10.2 Å². The van der Waals surface area contributed by atoms with E-state index in [2.05, 4.69) is 20.5 Å². The number of nitrogens with zero attached hydrogens (tertiary/aromatic N) is 3. The molecule has 2 aromatic heterocycles. The molecule has 1 aliphatic carbocycles. The third-order valence-corrected chi connectivity index (χ3v) is 5.12. The fraction of sp³-hybridized carbons (Fsp3) is 0.533. The van der Waals surface area contributed by atoms with Gasteiger partial charge in [0.1, 0.15) is 5.01 Å². The first kappa shape index (κ1) is 16.6. The van der Waals surface area contributed by atoms with Crippen molar-refractivity contribution in [1.82, 2.24) is 19.7 Å². The molecule has 0 radical (unpaired) electrons. The molecule has 0 aliphatic heterocycles. The summed E-state index contributed by atoms with van der Waals surface area (Å²) in [7, 11) is 0. The number of carbonyl (C=O) groups is 1. The number of aromatic amines is 1. The Morgan fingerprint density at radius 3 is 2.83 bits per heavy atom. The van der Waals surface area contributed by atoms with Gasteiger partial charge in [-0.1, -0.05) is 30.6 Å². The van der Waals surface area contributed by atoms with Crippen molar-refractivity contribution in [2.24, 2.45) is 0 Å². The van der Waals surface area contributed by atoms with Gasteiger partial charge in [0.05, 0.1) is 0 Å². The van der Waals surface area contributed by atoms with Crippen molar-refractivity contribution >= 4 is 22.4 Å². The Kier molecular flexibility index (Phi) is 5.19. The minimum atomic E-state index is -0.522. The van der Waals surface area contributed by atoms with Gasteiger partial charge in [0.15, 0.2) is 0 Å². The van der Waals surface area contributed by atoms with E-state index in [1.54, 1.807) is 0 Å². The Morgan fingerprint density at radius 1 is 1.29 bits per heavy atom. The van der Waals surface area contributed by atoms with Crippen molar-refractivity contribution in [2.45, 2.75) is 51.0 Å². The van der Waals surface area contributed by atoms with Crippen LogP contribution in [0.15, 0.2) is 21.9 Å². The van der Waals surface area contributed by atoms with Crippen LogP contribution in [0.3, 0.4) is 0 Å².